The monoisotopic (exact) mass is 340 g/mol. The van der Waals surface area contributed by atoms with Crippen LogP contribution < -0.4 is 10.2 Å². The third-order valence-electron chi connectivity index (χ3n) is 4.83. The van der Waals surface area contributed by atoms with Gasteiger partial charge in [0.05, 0.1) is 5.69 Å². The Labute approximate surface area is 145 Å². The number of carbonyl (C=O) groups is 2. The standard InChI is InChI=1S/C19H17ClN2O2/c1-11-15(20)3-2-4-16(11)21-19(24)14-9-12-5-6-17(23)22-8-7-13(10-14)18(12)22/h2-4,9-10H,5-8H2,1H3,(H,21,24). The minimum absolute atomic E-state index is 0.144. The smallest absolute Gasteiger partial charge is 0.255 e. The zero-order chi connectivity index (χ0) is 16.8. The molecule has 0 saturated carbocycles. The molecule has 0 aliphatic carbocycles. The van der Waals surface area contributed by atoms with E-state index in [0.29, 0.717) is 23.4 Å². The van der Waals surface area contributed by atoms with E-state index in [9.17, 15) is 9.59 Å². The van der Waals surface area contributed by atoms with Gasteiger partial charge in [-0.15, -0.1) is 0 Å². The lowest BCUT2D eigenvalue weighted by molar-refractivity contribution is -0.118. The second-order valence-corrected chi connectivity index (χ2v) is 6.71. The number of halogens is 1. The number of carbonyl (C=O) groups excluding carboxylic acids is 2. The molecule has 2 aromatic rings. The van der Waals surface area contributed by atoms with Crippen LogP contribution >= 0.6 is 11.6 Å². The van der Waals surface area contributed by atoms with Gasteiger partial charge in [-0.05, 0) is 60.7 Å². The van der Waals surface area contributed by atoms with Crippen molar-refractivity contribution in [1.82, 2.24) is 0 Å². The molecule has 0 atom stereocenters. The van der Waals surface area contributed by atoms with E-state index < -0.39 is 0 Å². The Bertz CT molecular complexity index is 876. The molecule has 122 valence electrons. The first-order valence-corrected chi connectivity index (χ1v) is 8.45. The van der Waals surface area contributed by atoms with Gasteiger partial charge in [0.1, 0.15) is 0 Å². The van der Waals surface area contributed by atoms with Crippen molar-refractivity contribution in [2.24, 2.45) is 0 Å². The van der Waals surface area contributed by atoms with Crippen LogP contribution in [0.5, 0.6) is 0 Å². The number of rotatable bonds is 2. The number of aryl methyl sites for hydroxylation is 1. The van der Waals surface area contributed by atoms with Gasteiger partial charge in [-0.3, -0.25) is 9.59 Å². The van der Waals surface area contributed by atoms with Crippen LogP contribution in [0.2, 0.25) is 5.02 Å². The summed E-state index contributed by atoms with van der Waals surface area (Å²) in [6, 6.07) is 9.29. The third-order valence-corrected chi connectivity index (χ3v) is 5.24. The Morgan fingerprint density at radius 2 is 1.92 bits per heavy atom. The molecular weight excluding hydrogens is 324 g/mol. The largest absolute Gasteiger partial charge is 0.322 e. The summed E-state index contributed by atoms with van der Waals surface area (Å²) in [5, 5.41) is 3.57. The van der Waals surface area contributed by atoms with Crippen molar-refractivity contribution in [2.75, 3.05) is 16.8 Å². The first kappa shape index (κ1) is 15.2. The van der Waals surface area contributed by atoms with Gasteiger partial charge < -0.3 is 10.2 Å². The zero-order valence-corrected chi connectivity index (χ0v) is 14.1. The fourth-order valence-electron chi connectivity index (χ4n) is 3.53. The van der Waals surface area contributed by atoms with E-state index in [2.05, 4.69) is 5.32 Å². The first-order chi connectivity index (χ1) is 11.5. The lowest BCUT2D eigenvalue weighted by Gasteiger charge is -2.25. The molecule has 4 nitrogen and oxygen atoms in total. The Morgan fingerprint density at radius 3 is 2.71 bits per heavy atom. The van der Waals surface area contributed by atoms with E-state index in [1.54, 1.807) is 6.07 Å². The lowest BCUT2D eigenvalue weighted by Crippen LogP contribution is -2.33. The summed E-state index contributed by atoms with van der Waals surface area (Å²) in [6.45, 7) is 2.60. The number of benzene rings is 2. The van der Waals surface area contributed by atoms with Crippen molar-refractivity contribution in [3.63, 3.8) is 0 Å². The molecule has 2 heterocycles. The fourth-order valence-corrected chi connectivity index (χ4v) is 3.70. The van der Waals surface area contributed by atoms with E-state index >= 15 is 0 Å². The van der Waals surface area contributed by atoms with E-state index in [4.69, 9.17) is 11.6 Å². The molecule has 0 aromatic heterocycles. The van der Waals surface area contributed by atoms with Crippen molar-refractivity contribution in [3.05, 3.63) is 57.6 Å². The second kappa shape index (κ2) is 5.64. The number of nitrogens with one attached hydrogen (secondary N) is 1. The second-order valence-electron chi connectivity index (χ2n) is 6.30. The van der Waals surface area contributed by atoms with Gasteiger partial charge in [0.15, 0.2) is 0 Å². The quantitative estimate of drug-likeness (QED) is 0.905. The summed E-state index contributed by atoms with van der Waals surface area (Å²) >= 11 is 6.12. The number of nitrogens with zero attached hydrogens (tertiary/aromatic N) is 1. The molecule has 1 N–H and O–H groups in total. The van der Waals surface area contributed by atoms with Gasteiger partial charge in [0.2, 0.25) is 5.91 Å². The van der Waals surface area contributed by atoms with Crippen LogP contribution in [-0.4, -0.2) is 18.4 Å². The predicted octanol–water partition coefficient (Wildman–Crippen LogP) is 3.74. The van der Waals surface area contributed by atoms with E-state index in [1.807, 2.05) is 36.1 Å². The highest BCUT2D eigenvalue weighted by Gasteiger charge is 2.32. The maximum atomic E-state index is 12.7. The first-order valence-electron chi connectivity index (χ1n) is 8.07. The minimum Gasteiger partial charge on any atom is -0.322 e. The summed E-state index contributed by atoms with van der Waals surface area (Å²) in [5.41, 5.74) is 5.43. The van der Waals surface area contributed by atoms with Crippen LogP contribution in [0.4, 0.5) is 11.4 Å². The van der Waals surface area contributed by atoms with Crippen LogP contribution in [0.3, 0.4) is 0 Å². The van der Waals surface area contributed by atoms with Crippen LogP contribution in [0, 0.1) is 6.92 Å². The van der Waals surface area contributed by atoms with Gasteiger partial charge in [0.25, 0.3) is 5.91 Å². The lowest BCUT2D eigenvalue weighted by atomic mass is 9.96. The average molecular weight is 341 g/mol. The molecule has 2 amide bonds. The Kier molecular flexibility index (Phi) is 3.57. The number of anilines is 2. The summed E-state index contributed by atoms with van der Waals surface area (Å²) in [5.74, 6) is 0.0442. The normalized spacial score (nSPS) is 15.4. The highest BCUT2D eigenvalue weighted by atomic mass is 35.5. The fraction of sp³-hybridized carbons (Fsp3) is 0.263. The van der Waals surface area contributed by atoms with Crippen LogP contribution in [-0.2, 0) is 17.6 Å². The Morgan fingerprint density at radius 1 is 1.17 bits per heavy atom. The molecule has 2 aromatic carbocycles. The van der Waals surface area contributed by atoms with Gasteiger partial charge in [-0.2, -0.15) is 0 Å². The highest BCUT2D eigenvalue weighted by molar-refractivity contribution is 6.31. The number of amides is 2. The molecule has 0 bridgehead atoms. The molecule has 4 rings (SSSR count). The molecule has 0 unspecified atom stereocenters. The predicted molar refractivity (Wildman–Crippen MR) is 95.0 cm³/mol. The number of hydrogen-bond acceptors (Lipinski definition) is 2. The Balaban J connectivity index is 1.67. The summed E-state index contributed by atoms with van der Waals surface area (Å²) < 4.78 is 0. The van der Waals surface area contributed by atoms with Gasteiger partial charge in [-0.25, -0.2) is 0 Å². The zero-order valence-electron chi connectivity index (χ0n) is 13.4. The van der Waals surface area contributed by atoms with Gasteiger partial charge >= 0.3 is 0 Å². The Hall–Kier alpha value is -2.33. The topological polar surface area (TPSA) is 49.4 Å². The third kappa shape index (κ3) is 2.38. The molecule has 2 aliphatic rings. The average Bonchev–Trinajstić information content (AvgIpc) is 3.00. The maximum absolute atomic E-state index is 12.7. The summed E-state index contributed by atoms with van der Waals surface area (Å²) in [6.07, 6.45) is 2.03. The van der Waals surface area contributed by atoms with Crippen molar-refractivity contribution < 1.29 is 9.59 Å². The van der Waals surface area contributed by atoms with Crippen LogP contribution in [0.1, 0.15) is 33.5 Å². The number of hydrogen-bond donors (Lipinski definition) is 1. The van der Waals surface area contributed by atoms with Crippen molar-refractivity contribution in [3.8, 4) is 0 Å². The van der Waals surface area contributed by atoms with E-state index in [0.717, 1.165) is 41.0 Å². The highest BCUT2D eigenvalue weighted by Crippen LogP contribution is 2.37. The van der Waals surface area contributed by atoms with Gasteiger partial charge in [0, 0.05) is 29.2 Å². The van der Waals surface area contributed by atoms with Gasteiger partial charge in [-0.1, -0.05) is 17.7 Å². The maximum Gasteiger partial charge on any atom is 0.255 e. The SMILES string of the molecule is Cc1c(Cl)cccc1NC(=O)c1cc2c3c(c1)CCN3C(=O)CC2. The molecule has 24 heavy (non-hydrogen) atoms. The molecule has 2 aliphatic heterocycles. The van der Waals surface area contributed by atoms with Crippen molar-refractivity contribution in [1.29, 1.82) is 0 Å². The molecule has 0 radical (unpaired) electrons. The van der Waals surface area contributed by atoms with Crippen molar-refractivity contribution >= 4 is 34.8 Å². The van der Waals surface area contributed by atoms with E-state index in [-0.39, 0.29) is 11.8 Å². The van der Waals surface area contributed by atoms with E-state index in [1.165, 1.54) is 0 Å². The minimum atomic E-state index is -0.144. The molecule has 0 fully saturated rings. The molecule has 0 spiro atoms. The van der Waals surface area contributed by atoms with Crippen molar-refractivity contribution in [2.45, 2.75) is 26.2 Å². The molecular formula is C19H17ClN2O2. The molecule has 0 saturated heterocycles. The van der Waals surface area contributed by atoms with Crippen LogP contribution in [0.15, 0.2) is 30.3 Å². The summed E-state index contributed by atoms with van der Waals surface area (Å²) in [7, 11) is 0. The summed E-state index contributed by atoms with van der Waals surface area (Å²) in [4.78, 5) is 26.5. The van der Waals surface area contributed by atoms with Crippen LogP contribution in [0.25, 0.3) is 0 Å². The molecule has 5 heteroatoms.